The Morgan fingerprint density at radius 2 is 2.22 bits per heavy atom. The third-order valence-corrected chi connectivity index (χ3v) is 2.53. The Morgan fingerprint density at radius 1 is 1.39 bits per heavy atom. The van der Waals surface area contributed by atoms with Gasteiger partial charge in [-0.25, -0.2) is 4.79 Å². The lowest BCUT2D eigenvalue weighted by Crippen LogP contribution is -2.03. The van der Waals surface area contributed by atoms with Crippen LogP contribution in [-0.2, 0) is 6.61 Å². The van der Waals surface area contributed by atoms with E-state index in [1.165, 1.54) is 18.5 Å². The third-order valence-electron chi connectivity index (χ3n) is 2.29. The van der Waals surface area contributed by atoms with E-state index in [0.717, 1.165) is 5.56 Å². The lowest BCUT2D eigenvalue weighted by atomic mass is 10.2. The Hall–Kier alpha value is -2.07. The number of carboxylic acids is 1. The molecule has 0 aliphatic rings. The van der Waals surface area contributed by atoms with Crippen LogP contribution in [-0.4, -0.2) is 16.1 Å². The van der Waals surface area contributed by atoms with E-state index in [1.54, 1.807) is 12.1 Å². The highest BCUT2D eigenvalue weighted by Gasteiger charge is 2.10. The smallest absolute Gasteiger partial charge is 0.341 e. The van der Waals surface area contributed by atoms with Crippen molar-refractivity contribution in [2.24, 2.45) is 0 Å². The molecule has 0 saturated carbocycles. The molecule has 0 amide bonds. The number of carbonyl (C=O) groups is 1. The lowest BCUT2D eigenvalue weighted by molar-refractivity contribution is 0.0691. The maximum absolute atomic E-state index is 10.9. The molecule has 1 aromatic carbocycles. The van der Waals surface area contributed by atoms with E-state index in [9.17, 15) is 4.79 Å². The number of carboxylic acid groups (broad SMARTS) is 1. The van der Waals surface area contributed by atoms with Crippen LogP contribution in [0.1, 0.15) is 15.9 Å². The number of aromatic carboxylic acids is 1. The molecule has 1 aromatic heterocycles. The summed E-state index contributed by atoms with van der Waals surface area (Å²) in [6, 6.07) is 8.72. The predicted octanol–water partition coefficient (Wildman–Crippen LogP) is 3.01. The van der Waals surface area contributed by atoms with Crippen LogP contribution in [0.5, 0.6) is 5.75 Å². The van der Waals surface area contributed by atoms with Crippen molar-refractivity contribution in [3.8, 4) is 5.75 Å². The normalized spacial score (nSPS) is 10.1. The molecule has 5 heteroatoms. The van der Waals surface area contributed by atoms with Crippen molar-refractivity contribution in [2.75, 3.05) is 0 Å². The summed E-state index contributed by atoms with van der Waals surface area (Å²) in [7, 11) is 0. The molecule has 0 atom stereocenters. The minimum atomic E-state index is -1.07. The van der Waals surface area contributed by atoms with Gasteiger partial charge in [0.1, 0.15) is 17.9 Å². The van der Waals surface area contributed by atoms with Gasteiger partial charge in [0.15, 0.2) is 0 Å². The molecule has 0 radical (unpaired) electrons. The van der Waals surface area contributed by atoms with Crippen LogP contribution >= 0.6 is 11.6 Å². The van der Waals surface area contributed by atoms with Crippen LogP contribution in [0.2, 0.25) is 5.02 Å². The molecule has 1 N–H and O–H groups in total. The first-order chi connectivity index (χ1) is 8.66. The van der Waals surface area contributed by atoms with E-state index in [0.29, 0.717) is 5.02 Å². The molecular formula is C13H10ClNO3. The van der Waals surface area contributed by atoms with E-state index in [-0.39, 0.29) is 17.9 Å². The third kappa shape index (κ3) is 2.99. The number of ether oxygens (including phenoxy) is 1. The van der Waals surface area contributed by atoms with Crippen LogP contribution in [0.15, 0.2) is 42.7 Å². The van der Waals surface area contributed by atoms with E-state index >= 15 is 0 Å². The monoisotopic (exact) mass is 263 g/mol. The minimum Gasteiger partial charge on any atom is -0.488 e. The van der Waals surface area contributed by atoms with Gasteiger partial charge in [0.05, 0.1) is 0 Å². The number of benzene rings is 1. The van der Waals surface area contributed by atoms with E-state index in [4.69, 9.17) is 21.4 Å². The number of nitrogens with zero attached hydrogens (tertiary/aromatic N) is 1. The second-order valence-electron chi connectivity index (χ2n) is 3.60. The van der Waals surface area contributed by atoms with Crippen molar-refractivity contribution in [1.29, 1.82) is 0 Å². The summed E-state index contributed by atoms with van der Waals surface area (Å²) in [4.78, 5) is 14.7. The van der Waals surface area contributed by atoms with Gasteiger partial charge in [0, 0.05) is 17.4 Å². The van der Waals surface area contributed by atoms with Gasteiger partial charge in [0.2, 0.25) is 0 Å². The second-order valence-corrected chi connectivity index (χ2v) is 4.03. The first kappa shape index (κ1) is 12.4. The largest absolute Gasteiger partial charge is 0.488 e. The molecule has 0 bridgehead atoms. The zero-order valence-corrected chi connectivity index (χ0v) is 10.1. The summed E-state index contributed by atoms with van der Waals surface area (Å²) in [5.74, 6) is -0.776. The predicted molar refractivity (Wildman–Crippen MR) is 67.0 cm³/mol. The highest BCUT2D eigenvalue weighted by atomic mass is 35.5. The summed E-state index contributed by atoms with van der Waals surface area (Å²) in [5.41, 5.74) is 0.912. The lowest BCUT2D eigenvalue weighted by Gasteiger charge is -2.08. The molecule has 0 spiro atoms. The zero-order chi connectivity index (χ0) is 13.0. The number of rotatable bonds is 4. The molecular weight excluding hydrogens is 254 g/mol. The van der Waals surface area contributed by atoms with Gasteiger partial charge in [0.25, 0.3) is 0 Å². The summed E-state index contributed by atoms with van der Waals surface area (Å²) in [5, 5.41) is 9.58. The number of halogens is 1. The van der Waals surface area contributed by atoms with Gasteiger partial charge in [-0.1, -0.05) is 23.7 Å². The zero-order valence-electron chi connectivity index (χ0n) is 9.34. The van der Waals surface area contributed by atoms with Crippen LogP contribution in [0.3, 0.4) is 0 Å². The van der Waals surface area contributed by atoms with Gasteiger partial charge < -0.3 is 9.84 Å². The molecule has 2 rings (SSSR count). The van der Waals surface area contributed by atoms with Gasteiger partial charge in [-0.15, -0.1) is 0 Å². The fourth-order valence-electron chi connectivity index (χ4n) is 1.46. The Balaban J connectivity index is 2.13. The van der Waals surface area contributed by atoms with Crippen molar-refractivity contribution in [1.82, 2.24) is 4.98 Å². The first-order valence-corrected chi connectivity index (χ1v) is 5.59. The highest BCUT2D eigenvalue weighted by molar-refractivity contribution is 6.30. The molecule has 0 aliphatic carbocycles. The number of pyridine rings is 1. The van der Waals surface area contributed by atoms with Crippen molar-refractivity contribution in [3.05, 3.63) is 58.9 Å². The van der Waals surface area contributed by atoms with E-state index in [2.05, 4.69) is 4.98 Å². The number of hydrogen-bond donors (Lipinski definition) is 1. The Bertz CT molecular complexity index is 572. The molecule has 18 heavy (non-hydrogen) atoms. The molecule has 0 fully saturated rings. The Kier molecular flexibility index (Phi) is 3.79. The van der Waals surface area contributed by atoms with Crippen molar-refractivity contribution in [2.45, 2.75) is 6.61 Å². The van der Waals surface area contributed by atoms with E-state index < -0.39 is 5.97 Å². The molecule has 0 saturated heterocycles. The summed E-state index contributed by atoms with van der Waals surface area (Å²) in [6.45, 7) is 0.255. The van der Waals surface area contributed by atoms with Crippen LogP contribution in [0.4, 0.5) is 0 Å². The standard InChI is InChI=1S/C13H10ClNO3/c14-10-3-1-2-9(6-10)8-18-12-4-5-15-7-11(12)13(16)17/h1-7H,8H2,(H,16,17). The van der Waals surface area contributed by atoms with Crippen molar-refractivity contribution in [3.63, 3.8) is 0 Å². The molecule has 92 valence electrons. The molecule has 0 aliphatic heterocycles. The quantitative estimate of drug-likeness (QED) is 0.921. The summed E-state index contributed by atoms with van der Waals surface area (Å²) >= 11 is 5.85. The van der Waals surface area contributed by atoms with Crippen molar-refractivity contribution < 1.29 is 14.6 Å². The van der Waals surface area contributed by atoms with Crippen LogP contribution in [0, 0.1) is 0 Å². The van der Waals surface area contributed by atoms with Crippen molar-refractivity contribution >= 4 is 17.6 Å². The summed E-state index contributed by atoms with van der Waals surface area (Å²) in [6.07, 6.45) is 2.75. The minimum absolute atomic E-state index is 0.0412. The van der Waals surface area contributed by atoms with E-state index in [1.807, 2.05) is 12.1 Å². The average molecular weight is 264 g/mol. The van der Waals surface area contributed by atoms with Gasteiger partial charge in [-0.3, -0.25) is 4.98 Å². The topological polar surface area (TPSA) is 59.4 Å². The molecule has 2 aromatic rings. The number of hydrogen-bond acceptors (Lipinski definition) is 3. The molecule has 0 unspecified atom stereocenters. The second kappa shape index (κ2) is 5.51. The Morgan fingerprint density at radius 3 is 2.94 bits per heavy atom. The van der Waals surface area contributed by atoms with Gasteiger partial charge in [-0.05, 0) is 23.8 Å². The fraction of sp³-hybridized carbons (Fsp3) is 0.0769. The van der Waals surface area contributed by atoms with Gasteiger partial charge >= 0.3 is 5.97 Å². The fourth-order valence-corrected chi connectivity index (χ4v) is 1.67. The van der Waals surface area contributed by atoms with Crippen LogP contribution < -0.4 is 4.74 Å². The van der Waals surface area contributed by atoms with Crippen LogP contribution in [0.25, 0.3) is 0 Å². The first-order valence-electron chi connectivity index (χ1n) is 5.21. The number of aromatic nitrogens is 1. The SMILES string of the molecule is O=C(O)c1cnccc1OCc1cccc(Cl)c1. The maximum atomic E-state index is 10.9. The summed E-state index contributed by atoms with van der Waals surface area (Å²) < 4.78 is 5.46. The maximum Gasteiger partial charge on any atom is 0.341 e. The molecule has 1 heterocycles. The highest BCUT2D eigenvalue weighted by Crippen LogP contribution is 2.19. The van der Waals surface area contributed by atoms with Gasteiger partial charge in [-0.2, -0.15) is 0 Å². The Labute approximate surface area is 109 Å². The average Bonchev–Trinajstić information content (AvgIpc) is 2.37. The molecule has 4 nitrogen and oxygen atoms in total.